The molecule has 21 heavy (non-hydrogen) atoms. The van der Waals surface area contributed by atoms with E-state index in [1.165, 1.54) is 0 Å². The minimum absolute atomic E-state index is 0.0805. The number of amides is 2. The second-order valence-corrected chi connectivity index (χ2v) is 5.53. The molecule has 4 N–H and O–H groups in total. The fourth-order valence-electron chi connectivity index (χ4n) is 1.62. The van der Waals surface area contributed by atoms with Gasteiger partial charge in [0.05, 0.1) is 0 Å². The maximum atomic E-state index is 11.7. The van der Waals surface area contributed by atoms with Crippen molar-refractivity contribution in [2.24, 2.45) is 11.7 Å². The Morgan fingerprint density at radius 1 is 1.24 bits per heavy atom. The van der Waals surface area contributed by atoms with E-state index in [4.69, 9.17) is 17.3 Å². The van der Waals surface area contributed by atoms with Gasteiger partial charge in [-0.1, -0.05) is 18.5 Å². The number of anilines is 1. The van der Waals surface area contributed by atoms with Crippen molar-refractivity contribution in [3.63, 3.8) is 0 Å². The molecule has 1 aromatic carbocycles. The third-order valence-electron chi connectivity index (χ3n) is 3.21. The zero-order valence-electron chi connectivity index (χ0n) is 12.4. The van der Waals surface area contributed by atoms with Gasteiger partial charge in [-0.3, -0.25) is 9.59 Å². The molecule has 1 aromatic rings. The van der Waals surface area contributed by atoms with Crippen LogP contribution in [0, 0.1) is 5.92 Å². The molecule has 0 fully saturated rings. The zero-order valence-corrected chi connectivity index (χ0v) is 13.1. The second kappa shape index (κ2) is 8.64. The highest BCUT2D eigenvalue weighted by Gasteiger charge is 2.16. The van der Waals surface area contributed by atoms with Crippen molar-refractivity contribution in [1.82, 2.24) is 5.32 Å². The van der Waals surface area contributed by atoms with Crippen molar-refractivity contribution >= 4 is 29.1 Å². The van der Waals surface area contributed by atoms with Gasteiger partial charge in [-0.25, -0.2) is 0 Å². The molecule has 2 atom stereocenters. The largest absolute Gasteiger partial charge is 0.356 e. The van der Waals surface area contributed by atoms with Crippen molar-refractivity contribution in [2.45, 2.75) is 32.7 Å². The lowest BCUT2D eigenvalue weighted by Gasteiger charge is -2.15. The normalized spacial score (nSPS) is 13.3. The first-order chi connectivity index (χ1) is 9.90. The van der Waals surface area contributed by atoms with E-state index >= 15 is 0 Å². The van der Waals surface area contributed by atoms with Gasteiger partial charge in [0.25, 0.3) is 0 Å². The van der Waals surface area contributed by atoms with Crippen molar-refractivity contribution < 1.29 is 9.59 Å². The van der Waals surface area contributed by atoms with Crippen LogP contribution < -0.4 is 16.4 Å². The fraction of sp³-hybridized carbons (Fsp3) is 0.467. The van der Waals surface area contributed by atoms with E-state index in [2.05, 4.69) is 10.6 Å². The van der Waals surface area contributed by atoms with Gasteiger partial charge < -0.3 is 16.4 Å². The summed E-state index contributed by atoms with van der Waals surface area (Å²) in [7, 11) is 0. The molecule has 0 radical (unpaired) electrons. The Kier molecular flexibility index (Phi) is 7.19. The maximum absolute atomic E-state index is 11.7. The number of hydrogen-bond donors (Lipinski definition) is 3. The summed E-state index contributed by atoms with van der Waals surface area (Å²) in [5.74, 6) is -0.400. The molecule has 0 saturated carbocycles. The van der Waals surface area contributed by atoms with E-state index in [0.717, 1.165) is 0 Å². The molecule has 6 heteroatoms. The van der Waals surface area contributed by atoms with Gasteiger partial charge in [-0.15, -0.1) is 0 Å². The topological polar surface area (TPSA) is 84.2 Å². The van der Waals surface area contributed by atoms with E-state index < -0.39 is 0 Å². The van der Waals surface area contributed by atoms with Crippen molar-refractivity contribution in [3.05, 3.63) is 29.3 Å². The van der Waals surface area contributed by atoms with Crippen LogP contribution in [0.25, 0.3) is 0 Å². The van der Waals surface area contributed by atoms with Gasteiger partial charge in [0.15, 0.2) is 0 Å². The number of nitrogens with two attached hydrogens (primary N) is 1. The Bertz CT molecular complexity index is 474. The SMILES string of the molecule is CC(N)C(C)C(=O)NCCCC(=O)Nc1ccc(Cl)cc1. The summed E-state index contributed by atoms with van der Waals surface area (Å²) in [5.41, 5.74) is 6.36. The van der Waals surface area contributed by atoms with Crippen molar-refractivity contribution in [1.29, 1.82) is 0 Å². The van der Waals surface area contributed by atoms with E-state index in [0.29, 0.717) is 30.1 Å². The Labute approximate surface area is 130 Å². The molecule has 0 aliphatic rings. The lowest BCUT2D eigenvalue weighted by atomic mass is 10.0. The van der Waals surface area contributed by atoms with E-state index in [1.54, 1.807) is 38.1 Å². The molecule has 2 unspecified atom stereocenters. The molecule has 0 aliphatic carbocycles. The van der Waals surface area contributed by atoms with Crippen LogP contribution >= 0.6 is 11.6 Å². The Hall–Kier alpha value is -1.59. The Balaban J connectivity index is 2.22. The summed E-state index contributed by atoms with van der Waals surface area (Å²) < 4.78 is 0. The molecule has 0 saturated heterocycles. The minimum atomic E-state index is -0.229. The van der Waals surface area contributed by atoms with E-state index in [1.807, 2.05) is 0 Å². The highest BCUT2D eigenvalue weighted by molar-refractivity contribution is 6.30. The van der Waals surface area contributed by atoms with Crippen LogP contribution in [0.5, 0.6) is 0 Å². The van der Waals surface area contributed by atoms with Crippen LogP contribution in [-0.2, 0) is 9.59 Å². The van der Waals surface area contributed by atoms with Crippen LogP contribution in [0.3, 0.4) is 0 Å². The van der Waals surface area contributed by atoms with Crippen LogP contribution in [0.1, 0.15) is 26.7 Å². The lowest BCUT2D eigenvalue weighted by molar-refractivity contribution is -0.125. The van der Waals surface area contributed by atoms with Crippen molar-refractivity contribution in [3.8, 4) is 0 Å². The van der Waals surface area contributed by atoms with Crippen LogP contribution in [0.4, 0.5) is 5.69 Å². The van der Waals surface area contributed by atoms with Gasteiger partial charge in [-0.2, -0.15) is 0 Å². The average molecular weight is 312 g/mol. The maximum Gasteiger partial charge on any atom is 0.224 e. The standard InChI is InChI=1S/C15H22ClN3O2/c1-10(11(2)17)15(21)18-9-3-4-14(20)19-13-7-5-12(16)6-8-13/h5-8,10-11H,3-4,9,17H2,1-2H3,(H,18,21)(H,19,20). The van der Waals surface area contributed by atoms with Crippen LogP contribution in [0.15, 0.2) is 24.3 Å². The summed E-state index contributed by atoms with van der Waals surface area (Å²) in [5, 5.41) is 6.17. The quantitative estimate of drug-likeness (QED) is 0.675. The predicted octanol–water partition coefficient (Wildman–Crippen LogP) is 2.16. The number of rotatable bonds is 7. The van der Waals surface area contributed by atoms with E-state index in [9.17, 15) is 9.59 Å². The minimum Gasteiger partial charge on any atom is -0.356 e. The second-order valence-electron chi connectivity index (χ2n) is 5.10. The van der Waals surface area contributed by atoms with Gasteiger partial charge in [0, 0.05) is 35.6 Å². The molecule has 116 valence electrons. The first-order valence-corrected chi connectivity index (χ1v) is 7.36. The highest BCUT2D eigenvalue weighted by Crippen LogP contribution is 2.13. The third kappa shape index (κ3) is 6.60. The number of halogens is 1. The van der Waals surface area contributed by atoms with Crippen LogP contribution in [0.2, 0.25) is 5.02 Å². The summed E-state index contributed by atoms with van der Waals surface area (Å²) >= 11 is 5.77. The fourth-order valence-corrected chi connectivity index (χ4v) is 1.74. The molecule has 0 aromatic heterocycles. The lowest BCUT2D eigenvalue weighted by Crippen LogP contribution is -2.39. The zero-order chi connectivity index (χ0) is 15.8. The first kappa shape index (κ1) is 17.5. The molecule has 2 amide bonds. The molecular weight excluding hydrogens is 290 g/mol. The van der Waals surface area contributed by atoms with Gasteiger partial charge in [-0.05, 0) is 37.6 Å². The molecular formula is C15H22ClN3O2. The molecule has 0 bridgehead atoms. The predicted molar refractivity (Wildman–Crippen MR) is 85.1 cm³/mol. The van der Waals surface area contributed by atoms with E-state index in [-0.39, 0.29) is 23.8 Å². The Morgan fingerprint density at radius 3 is 2.43 bits per heavy atom. The molecule has 0 aliphatic heterocycles. The van der Waals surface area contributed by atoms with Crippen LogP contribution in [-0.4, -0.2) is 24.4 Å². The number of hydrogen-bond acceptors (Lipinski definition) is 3. The van der Waals surface area contributed by atoms with Gasteiger partial charge >= 0.3 is 0 Å². The monoisotopic (exact) mass is 311 g/mol. The molecule has 1 rings (SSSR count). The first-order valence-electron chi connectivity index (χ1n) is 6.99. The number of benzene rings is 1. The van der Waals surface area contributed by atoms with Crippen molar-refractivity contribution in [2.75, 3.05) is 11.9 Å². The van der Waals surface area contributed by atoms with Gasteiger partial charge in [0.1, 0.15) is 0 Å². The average Bonchev–Trinajstić information content (AvgIpc) is 2.45. The number of nitrogens with one attached hydrogen (secondary N) is 2. The molecule has 0 heterocycles. The number of carbonyl (C=O) groups is 2. The summed E-state index contributed by atoms with van der Waals surface area (Å²) in [6.45, 7) is 4.04. The summed E-state index contributed by atoms with van der Waals surface area (Å²) in [6.07, 6.45) is 0.923. The third-order valence-corrected chi connectivity index (χ3v) is 3.46. The van der Waals surface area contributed by atoms with Gasteiger partial charge in [0.2, 0.25) is 11.8 Å². The summed E-state index contributed by atoms with van der Waals surface area (Å²) in [6, 6.07) is 6.73. The molecule has 0 spiro atoms. The summed E-state index contributed by atoms with van der Waals surface area (Å²) in [4.78, 5) is 23.4. The molecule has 5 nitrogen and oxygen atoms in total. The smallest absolute Gasteiger partial charge is 0.224 e. The highest BCUT2D eigenvalue weighted by atomic mass is 35.5. The number of carbonyl (C=O) groups excluding carboxylic acids is 2. The Morgan fingerprint density at radius 2 is 1.86 bits per heavy atom.